The van der Waals surface area contributed by atoms with E-state index in [1.54, 1.807) is 7.05 Å². The molecule has 0 aliphatic rings. The molecule has 1 aromatic carbocycles. The zero-order valence-electron chi connectivity index (χ0n) is 11.6. The number of alkyl halides is 3. The second-order valence-electron chi connectivity index (χ2n) is 4.34. The van der Waals surface area contributed by atoms with Gasteiger partial charge in [-0.15, -0.1) is 0 Å². The first-order chi connectivity index (χ1) is 9.74. The van der Waals surface area contributed by atoms with Crippen LogP contribution in [0.15, 0.2) is 18.2 Å². The van der Waals surface area contributed by atoms with E-state index in [0.717, 1.165) is 12.1 Å². The molecule has 0 spiro atoms. The maximum Gasteiger partial charge on any atom is 0.418 e. The van der Waals surface area contributed by atoms with Gasteiger partial charge in [-0.05, 0) is 25.2 Å². The summed E-state index contributed by atoms with van der Waals surface area (Å²) in [5.74, 6) is -1.00. The molecule has 0 radical (unpaired) electrons. The van der Waals surface area contributed by atoms with E-state index in [9.17, 15) is 22.8 Å². The Morgan fingerprint density at radius 3 is 2.38 bits per heavy atom. The molecule has 3 N–H and O–H groups in total. The van der Waals surface area contributed by atoms with E-state index in [1.165, 1.54) is 13.0 Å². The number of rotatable bonds is 5. The van der Waals surface area contributed by atoms with Crippen molar-refractivity contribution in [1.29, 1.82) is 0 Å². The molecule has 116 valence electrons. The summed E-state index contributed by atoms with van der Waals surface area (Å²) in [5, 5.41) is 7.22. The molecule has 0 heterocycles. The van der Waals surface area contributed by atoms with Crippen LogP contribution in [0, 0.1) is 0 Å². The monoisotopic (exact) mass is 303 g/mol. The minimum Gasteiger partial charge on any atom is -0.326 e. The van der Waals surface area contributed by atoms with Gasteiger partial charge in [-0.3, -0.25) is 9.59 Å². The average Bonchev–Trinajstić information content (AvgIpc) is 2.36. The first kappa shape index (κ1) is 17.0. The quantitative estimate of drug-likeness (QED) is 0.781. The Labute approximate surface area is 119 Å². The Hall–Kier alpha value is -2.09. The van der Waals surface area contributed by atoms with Crippen LogP contribution < -0.4 is 16.0 Å². The van der Waals surface area contributed by atoms with Gasteiger partial charge in [-0.1, -0.05) is 0 Å². The highest BCUT2D eigenvalue weighted by Gasteiger charge is 2.34. The lowest BCUT2D eigenvalue weighted by atomic mass is 10.1. The van der Waals surface area contributed by atoms with Crippen molar-refractivity contribution in [3.05, 3.63) is 23.8 Å². The van der Waals surface area contributed by atoms with Crippen LogP contribution in [0.5, 0.6) is 0 Å². The molecule has 0 saturated carbocycles. The summed E-state index contributed by atoms with van der Waals surface area (Å²) >= 11 is 0. The lowest BCUT2D eigenvalue weighted by molar-refractivity contribution is -0.137. The van der Waals surface area contributed by atoms with Gasteiger partial charge < -0.3 is 16.0 Å². The topological polar surface area (TPSA) is 70.2 Å². The second kappa shape index (κ2) is 7.07. The van der Waals surface area contributed by atoms with Crippen LogP contribution in [-0.2, 0) is 15.8 Å². The average molecular weight is 303 g/mol. The maximum absolute atomic E-state index is 13.0. The molecule has 0 bridgehead atoms. The number of anilines is 2. The van der Waals surface area contributed by atoms with Gasteiger partial charge in [0.1, 0.15) is 0 Å². The minimum absolute atomic E-state index is 0.0167. The van der Waals surface area contributed by atoms with Crippen LogP contribution in [0.25, 0.3) is 0 Å². The summed E-state index contributed by atoms with van der Waals surface area (Å²) in [6, 6.07) is 3.20. The van der Waals surface area contributed by atoms with Gasteiger partial charge in [0.2, 0.25) is 11.8 Å². The lowest BCUT2D eigenvalue weighted by Crippen LogP contribution is -2.21. The van der Waals surface area contributed by atoms with Gasteiger partial charge in [0, 0.05) is 25.6 Å². The van der Waals surface area contributed by atoms with Crippen molar-refractivity contribution >= 4 is 23.2 Å². The highest BCUT2D eigenvalue weighted by Crippen LogP contribution is 2.36. The molecule has 0 fully saturated rings. The second-order valence-corrected chi connectivity index (χ2v) is 4.34. The fourth-order valence-electron chi connectivity index (χ4n) is 1.62. The van der Waals surface area contributed by atoms with Crippen molar-refractivity contribution < 1.29 is 22.8 Å². The fraction of sp³-hybridized carbons (Fsp3) is 0.385. The van der Waals surface area contributed by atoms with Crippen LogP contribution in [-0.4, -0.2) is 25.4 Å². The molecule has 2 amide bonds. The largest absolute Gasteiger partial charge is 0.418 e. The molecule has 21 heavy (non-hydrogen) atoms. The van der Waals surface area contributed by atoms with Crippen LogP contribution in [0.2, 0.25) is 0 Å². The van der Waals surface area contributed by atoms with Crippen molar-refractivity contribution in [2.75, 3.05) is 24.2 Å². The first-order valence-corrected chi connectivity index (χ1v) is 6.17. The Morgan fingerprint density at radius 2 is 1.86 bits per heavy atom. The molecule has 0 saturated heterocycles. The smallest absolute Gasteiger partial charge is 0.326 e. The molecular formula is C13H16F3N3O2. The number of amides is 2. The first-order valence-electron chi connectivity index (χ1n) is 6.17. The third kappa shape index (κ3) is 5.42. The Balaban J connectivity index is 3.02. The van der Waals surface area contributed by atoms with E-state index in [4.69, 9.17) is 0 Å². The molecule has 0 aliphatic heterocycles. The Bertz CT molecular complexity index is 530. The molecule has 0 atom stereocenters. The summed E-state index contributed by atoms with van der Waals surface area (Å²) < 4.78 is 39.0. The van der Waals surface area contributed by atoms with E-state index in [-0.39, 0.29) is 17.8 Å². The normalized spacial score (nSPS) is 11.1. The van der Waals surface area contributed by atoms with Crippen molar-refractivity contribution in [2.45, 2.75) is 19.5 Å². The number of carbonyl (C=O) groups is 2. The standard InChI is InChI=1S/C13H16F3N3O2/c1-8(20)18-9-3-4-11(10(7-9)13(14,15)16)19-12(21)5-6-17-2/h3-4,7,17H,5-6H2,1-2H3,(H,18,20)(H,19,21). The summed E-state index contributed by atoms with van der Waals surface area (Å²) in [6.07, 6.45) is -4.58. The predicted molar refractivity (Wildman–Crippen MR) is 72.9 cm³/mol. The summed E-state index contributed by atoms with van der Waals surface area (Å²) in [6.45, 7) is 1.55. The van der Waals surface area contributed by atoms with E-state index in [1.807, 2.05) is 0 Å². The SMILES string of the molecule is CNCCC(=O)Nc1ccc(NC(C)=O)cc1C(F)(F)F. The number of hydrogen-bond donors (Lipinski definition) is 3. The van der Waals surface area contributed by atoms with E-state index < -0.39 is 23.6 Å². The van der Waals surface area contributed by atoms with Gasteiger partial charge in [0.05, 0.1) is 11.3 Å². The highest BCUT2D eigenvalue weighted by atomic mass is 19.4. The van der Waals surface area contributed by atoms with Gasteiger partial charge in [0.25, 0.3) is 0 Å². The van der Waals surface area contributed by atoms with Crippen molar-refractivity contribution in [3.63, 3.8) is 0 Å². The molecule has 5 nitrogen and oxygen atoms in total. The zero-order chi connectivity index (χ0) is 16.0. The highest BCUT2D eigenvalue weighted by molar-refractivity contribution is 5.93. The molecule has 8 heteroatoms. The molecule has 1 aromatic rings. The zero-order valence-corrected chi connectivity index (χ0v) is 11.6. The van der Waals surface area contributed by atoms with E-state index >= 15 is 0 Å². The molecule has 0 unspecified atom stereocenters. The van der Waals surface area contributed by atoms with Gasteiger partial charge >= 0.3 is 6.18 Å². The molecule has 0 aromatic heterocycles. The van der Waals surface area contributed by atoms with E-state index in [2.05, 4.69) is 16.0 Å². The van der Waals surface area contributed by atoms with Gasteiger partial charge in [0.15, 0.2) is 0 Å². The number of benzene rings is 1. The van der Waals surface area contributed by atoms with Crippen LogP contribution in [0.4, 0.5) is 24.5 Å². The number of halogens is 3. The summed E-state index contributed by atoms with van der Waals surface area (Å²) in [4.78, 5) is 22.4. The minimum atomic E-state index is -4.64. The van der Waals surface area contributed by atoms with Crippen molar-refractivity contribution in [3.8, 4) is 0 Å². The third-order valence-electron chi connectivity index (χ3n) is 2.52. The summed E-state index contributed by atoms with van der Waals surface area (Å²) in [7, 11) is 1.64. The summed E-state index contributed by atoms with van der Waals surface area (Å²) in [5.41, 5.74) is -1.33. The van der Waals surface area contributed by atoms with Crippen LogP contribution in [0.1, 0.15) is 18.9 Å². The molecule has 0 aliphatic carbocycles. The number of carbonyl (C=O) groups excluding carboxylic acids is 2. The predicted octanol–water partition coefficient (Wildman–Crippen LogP) is 2.21. The van der Waals surface area contributed by atoms with Gasteiger partial charge in [-0.2, -0.15) is 13.2 Å². The number of nitrogens with one attached hydrogen (secondary N) is 3. The third-order valence-corrected chi connectivity index (χ3v) is 2.52. The van der Waals surface area contributed by atoms with Crippen LogP contribution in [0.3, 0.4) is 0 Å². The lowest BCUT2D eigenvalue weighted by Gasteiger charge is -2.15. The van der Waals surface area contributed by atoms with Gasteiger partial charge in [-0.25, -0.2) is 0 Å². The fourth-order valence-corrected chi connectivity index (χ4v) is 1.62. The number of hydrogen-bond acceptors (Lipinski definition) is 3. The molecular weight excluding hydrogens is 287 g/mol. The molecule has 1 rings (SSSR count). The van der Waals surface area contributed by atoms with Crippen molar-refractivity contribution in [1.82, 2.24) is 5.32 Å². The van der Waals surface area contributed by atoms with E-state index in [0.29, 0.717) is 6.54 Å². The Morgan fingerprint density at radius 1 is 1.19 bits per heavy atom. The van der Waals surface area contributed by atoms with Crippen LogP contribution >= 0.6 is 0 Å². The maximum atomic E-state index is 13.0. The van der Waals surface area contributed by atoms with Crippen molar-refractivity contribution in [2.24, 2.45) is 0 Å². The Kier molecular flexibility index (Phi) is 5.71.